The fraction of sp³-hybridized carbons (Fsp3) is 0.294. The molecule has 1 unspecified atom stereocenters. The van der Waals surface area contributed by atoms with E-state index in [1.807, 2.05) is 48.0 Å². The monoisotopic (exact) mass is 326 g/mol. The smallest absolute Gasteiger partial charge is 0.261 e. The number of carbonyl (C=O) groups is 1. The summed E-state index contributed by atoms with van der Waals surface area (Å²) in [7, 11) is 0. The van der Waals surface area contributed by atoms with Crippen molar-refractivity contribution >= 4 is 27.5 Å². The van der Waals surface area contributed by atoms with E-state index in [-0.39, 0.29) is 11.9 Å². The number of fused-ring (bicyclic) bond motifs is 1. The van der Waals surface area contributed by atoms with Gasteiger partial charge in [-0.15, -0.1) is 11.3 Å². The molecule has 0 saturated carbocycles. The molecule has 118 valence electrons. The molecular formula is C17H18N4OS. The van der Waals surface area contributed by atoms with E-state index in [0.717, 1.165) is 46.0 Å². The number of hydrogen-bond donors (Lipinski definition) is 2. The molecule has 1 fully saturated rings. The Morgan fingerprint density at radius 1 is 1.39 bits per heavy atom. The van der Waals surface area contributed by atoms with Crippen molar-refractivity contribution < 1.29 is 4.79 Å². The highest BCUT2D eigenvalue weighted by molar-refractivity contribution is 7.20. The molecule has 1 amide bonds. The summed E-state index contributed by atoms with van der Waals surface area (Å²) in [6, 6.07) is 12.2. The maximum Gasteiger partial charge on any atom is 0.261 e. The number of aromatic nitrogens is 2. The van der Waals surface area contributed by atoms with E-state index < -0.39 is 0 Å². The molecule has 2 N–H and O–H groups in total. The van der Waals surface area contributed by atoms with E-state index in [1.165, 1.54) is 11.3 Å². The van der Waals surface area contributed by atoms with Gasteiger partial charge in [0.2, 0.25) is 0 Å². The number of thiophene rings is 1. The molecule has 0 aliphatic carbocycles. The zero-order chi connectivity index (χ0) is 15.8. The minimum Gasteiger partial charge on any atom is -0.347 e. The summed E-state index contributed by atoms with van der Waals surface area (Å²) in [5.41, 5.74) is 1.96. The first kappa shape index (κ1) is 14.4. The van der Waals surface area contributed by atoms with Crippen LogP contribution < -0.4 is 10.6 Å². The van der Waals surface area contributed by atoms with Crippen molar-refractivity contribution in [2.75, 3.05) is 13.1 Å². The summed E-state index contributed by atoms with van der Waals surface area (Å²) < 4.78 is 1.92. The summed E-state index contributed by atoms with van der Waals surface area (Å²) in [6.07, 6.45) is 0.994. The molecule has 1 aliphatic heterocycles. The summed E-state index contributed by atoms with van der Waals surface area (Å²) in [5.74, 6) is 0.0129. The highest BCUT2D eigenvalue weighted by Crippen LogP contribution is 2.30. The van der Waals surface area contributed by atoms with Crippen LogP contribution in [0.3, 0.4) is 0 Å². The maximum absolute atomic E-state index is 12.5. The molecule has 4 rings (SSSR count). The second kappa shape index (κ2) is 5.79. The number of carbonyl (C=O) groups excluding carboxylic acids is 1. The number of hydrogen-bond acceptors (Lipinski definition) is 4. The molecule has 3 aromatic rings. The Morgan fingerprint density at radius 2 is 2.22 bits per heavy atom. The highest BCUT2D eigenvalue weighted by atomic mass is 32.1. The van der Waals surface area contributed by atoms with Crippen LogP contribution in [0.25, 0.3) is 15.9 Å². The number of para-hydroxylation sites is 1. The average Bonchev–Trinajstić information content (AvgIpc) is 3.27. The van der Waals surface area contributed by atoms with Crippen LogP contribution in [0, 0.1) is 6.92 Å². The zero-order valence-corrected chi connectivity index (χ0v) is 13.7. The Morgan fingerprint density at radius 3 is 2.96 bits per heavy atom. The van der Waals surface area contributed by atoms with Crippen molar-refractivity contribution in [3.63, 3.8) is 0 Å². The fourth-order valence-electron chi connectivity index (χ4n) is 2.94. The predicted octanol–water partition coefficient (Wildman–Crippen LogP) is 2.49. The summed E-state index contributed by atoms with van der Waals surface area (Å²) >= 11 is 1.50. The highest BCUT2D eigenvalue weighted by Gasteiger charge is 2.21. The number of nitrogens with one attached hydrogen (secondary N) is 2. The van der Waals surface area contributed by atoms with Gasteiger partial charge in [0.1, 0.15) is 4.83 Å². The normalized spacial score (nSPS) is 17.7. The van der Waals surface area contributed by atoms with Crippen LogP contribution in [0.2, 0.25) is 0 Å². The van der Waals surface area contributed by atoms with E-state index in [0.29, 0.717) is 0 Å². The Kier molecular flexibility index (Phi) is 3.63. The predicted molar refractivity (Wildman–Crippen MR) is 92.4 cm³/mol. The number of amides is 1. The lowest BCUT2D eigenvalue weighted by molar-refractivity contribution is 0.0944. The molecule has 5 nitrogen and oxygen atoms in total. The van der Waals surface area contributed by atoms with Crippen LogP contribution in [-0.4, -0.2) is 34.8 Å². The summed E-state index contributed by atoms with van der Waals surface area (Å²) in [6.45, 7) is 3.81. The van der Waals surface area contributed by atoms with Gasteiger partial charge < -0.3 is 10.6 Å². The van der Waals surface area contributed by atoms with E-state index >= 15 is 0 Å². The van der Waals surface area contributed by atoms with E-state index in [9.17, 15) is 4.79 Å². The molecule has 0 spiro atoms. The topological polar surface area (TPSA) is 59.0 Å². The van der Waals surface area contributed by atoms with E-state index in [1.54, 1.807) is 0 Å². The van der Waals surface area contributed by atoms with Crippen molar-refractivity contribution in [3.8, 4) is 5.69 Å². The fourth-order valence-corrected chi connectivity index (χ4v) is 4.02. The lowest BCUT2D eigenvalue weighted by atomic mass is 10.2. The molecule has 0 radical (unpaired) electrons. The third-order valence-corrected chi connectivity index (χ3v) is 5.27. The molecule has 1 saturated heterocycles. The van der Waals surface area contributed by atoms with Gasteiger partial charge in [-0.2, -0.15) is 5.10 Å². The van der Waals surface area contributed by atoms with Gasteiger partial charge in [-0.3, -0.25) is 4.79 Å². The van der Waals surface area contributed by atoms with Crippen LogP contribution in [0.4, 0.5) is 0 Å². The summed E-state index contributed by atoms with van der Waals surface area (Å²) in [4.78, 5) is 14.2. The van der Waals surface area contributed by atoms with Crippen LogP contribution in [0.1, 0.15) is 21.8 Å². The Hall–Kier alpha value is -2.18. The molecule has 6 heteroatoms. The average molecular weight is 326 g/mol. The number of benzene rings is 1. The lowest BCUT2D eigenvalue weighted by Crippen LogP contribution is -2.35. The second-order valence-corrected chi connectivity index (χ2v) is 6.86. The van der Waals surface area contributed by atoms with Gasteiger partial charge in [-0.25, -0.2) is 4.68 Å². The Bertz CT molecular complexity index is 846. The molecule has 1 atom stereocenters. The molecule has 23 heavy (non-hydrogen) atoms. The van der Waals surface area contributed by atoms with Gasteiger partial charge in [0, 0.05) is 18.0 Å². The first-order valence-electron chi connectivity index (χ1n) is 7.78. The molecule has 1 aliphatic rings. The van der Waals surface area contributed by atoms with Crippen molar-refractivity contribution in [1.82, 2.24) is 20.4 Å². The first-order valence-corrected chi connectivity index (χ1v) is 8.60. The standard InChI is InChI=1S/C17H18N4OS/c1-11-14-9-15(16(22)19-12-7-8-18-10-12)23-17(14)21(20-11)13-5-3-2-4-6-13/h2-6,9,12,18H,7-8,10H2,1H3,(H,19,22). The molecule has 1 aromatic carbocycles. The molecule has 3 heterocycles. The molecular weight excluding hydrogens is 308 g/mol. The Balaban J connectivity index is 1.69. The van der Waals surface area contributed by atoms with Gasteiger partial charge in [0.25, 0.3) is 5.91 Å². The zero-order valence-electron chi connectivity index (χ0n) is 12.9. The summed E-state index contributed by atoms with van der Waals surface area (Å²) in [5, 5.41) is 12.0. The number of rotatable bonds is 3. The van der Waals surface area contributed by atoms with Crippen molar-refractivity contribution in [2.24, 2.45) is 0 Å². The minimum absolute atomic E-state index is 0.0129. The van der Waals surface area contributed by atoms with Crippen molar-refractivity contribution in [1.29, 1.82) is 0 Å². The second-order valence-electron chi connectivity index (χ2n) is 5.83. The van der Waals surface area contributed by atoms with E-state index in [4.69, 9.17) is 0 Å². The van der Waals surface area contributed by atoms with Gasteiger partial charge in [0.05, 0.1) is 16.3 Å². The quantitative estimate of drug-likeness (QED) is 0.777. The van der Waals surface area contributed by atoms with Gasteiger partial charge >= 0.3 is 0 Å². The first-order chi connectivity index (χ1) is 11.2. The van der Waals surface area contributed by atoms with Crippen molar-refractivity contribution in [3.05, 3.63) is 47.0 Å². The number of aryl methyl sites for hydroxylation is 1. The number of nitrogens with zero attached hydrogens (tertiary/aromatic N) is 2. The third kappa shape index (κ3) is 2.64. The lowest BCUT2D eigenvalue weighted by Gasteiger charge is -2.09. The van der Waals surface area contributed by atoms with Crippen molar-refractivity contribution in [2.45, 2.75) is 19.4 Å². The van der Waals surface area contributed by atoms with Gasteiger partial charge in [-0.05, 0) is 38.1 Å². The van der Waals surface area contributed by atoms with Crippen LogP contribution in [-0.2, 0) is 0 Å². The van der Waals surface area contributed by atoms with Gasteiger partial charge in [0.15, 0.2) is 0 Å². The minimum atomic E-state index is 0.0129. The van der Waals surface area contributed by atoms with Gasteiger partial charge in [-0.1, -0.05) is 18.2 Å². The van der Waals surface area contributed by atoms with Crippen LogP contribution in [0.15, 0.2) is 36.4 Å². The molecule has 2 aromatic heterocycles. The third-order valence-electron chi connectivity index (χ3n) is 4.16. The Labute approximate surface area is 138 Å². The van der Waals surface area contributed by atoms with E-state index in [2.05, 4.69) is 15.7 Å². The molecule has 0 bridgehead atoms. The van der Waals surface area contributed by atoms with Crippen LogP contribution >= 0.6 is 11.3 Å². The van der Waals surface area contributed by atoms with Crippen LogP contribution in [0.5, 0.6) is 0 Å². The SMILES string of the molecule is Cc1nn(-c2ccccc2)c2sc(C(=O)NC3CCNC3)cc12. The largest absolute Gasteiger partial charge is 0.347 e. The maximum atomic E-state index is 12.5.